The molecule has 29 heavy (non-hydrogen) atoms. The van der Waals surface area contributed by atoms with Gasteiger partial charge in [-0.2, -0.15) is 0 Å². The number of methoxy groups -OCH3 is 1. The summed E-state index contributed by atoms with van der Waals surface area (Å²) >= 11 is 7.92. The number of hydrogen-bond donors (Lipinski definition) is 0. The van der Waals surface area contributed by atoms with Crippen molar-refractivity contribution < 1.29 is 13.2 Å². The number of halogens is 1. The second-order valence-electron chi connectivity index (χ2n) is 6.40. The highest BCUT2D eigenvalue weighted by Crippen LogP contribution is 2.38. The third-order valence-corrected chi connectivity index (χ3v) is 6.97. The second kappa shape index (κ2) is 7.67. The molecule has 0 N–H and O–H groups in total. The molecule has 0 aliphatic carbocycles. The first-order valence-corrected chi connectivity index (χ1v) is 11.7. The number of rotatable bonds is 5. The Bertz CT molecular complexity index is 1290. The quantitative estimate of drug-likeness (QED) is 0.417. The van der Waals surface area contributed by atoms with E-state index in [0.29, 0.717) is 15.8 Å². The van der Waals surface area contributed by atoms with E-state index in [2.05, 4.69) is 5.10 Å². The van der Waals surface area contributed by atoms with E-state index in [1.165, 1.54) is 6.26 Å². The van der Waals surface area contributed by atoms with E-state index < -0.39 is 9.84 Å². The van der Waals surface area contributed by atoms with Crippen LogP contribution in [0.1, 0.15) is 0 Å². The molecule has 8 heteroatoms. The largest absolute Gasteiger partial charge is 0.480 e. The lowest BCUT2D eigenvalue weighted by molar-refractivity contribution is 0.394. The molecule has 0 saturated heterocycles. The Hall–Kier alpha value is -2.61. The predicted octanol–water partition coefficient (Wildman–Crippen LogP) is 5.33. The number of benzene rings is 2. The van der Waals surface area contributed by atoms with Gasteiger partial charge in [-0.1, -0.05) is 35.9 Å². The van der Waals surface area contributed by atoms with Crippen LogP contribution < -0.4 is 4.74 Å². The number of aromatic nitrogens is 2. The zero-order valence-electron chi connectivity index (χ0n) is 15.7. The van der Waals surface area contributed by atoms with Crippen LogP contribution in [0.4, 0.5) is 0 Å². The van der Waals surface area contributed by atoms with E-state index in [9.17, 15) is 8.42 Å². The van der Waals surface area contributed by atoms with Crippen LogP contribution in [0.3, 0.4) is 0 Å². The molecule has 0 atom stereocenters. The Kier molecular flexibility index (Phi) is 5.21. The molecule has 0 unspecified atom stereocenters. The molecule has 0 spiro atoms. The lowest BCUT2D eigenvalue weighted by Gasteiger charge is -2.07. The van der Waals surface area contributed by atoms with Crippen molar-refractivity contribution in [3.63, 3.8) is 0 Å². The number of hydrogen-bond acceptors (Lipinski definition) is 5. The van der Waals surface area contributed by atoms with Gasteiger partial charge >= 0.3 is 0 Å². The van der Waals surface area contributed by atoms with Crippen LogP contribution in [0, 0.1) is 0 Å². The minimum atomic E-state index is -3.27. The number of ether oxygens (including phenoxy) is 1. The highest BCUT2D eigenvalue weighted by Gasteiger charge is 2.17. The maximum atomic E-state index is 11.9. The van der Waals surface area contributed by atoms with Crippen LogP contribution in [0.25, 0.3) is 26.7 Å². The van der Waals surface area contributed by atoms with E-state index in [4.69, 9.17) is 16.3 Å². The van der Waals surface area contributed by atoms with Gasteiger partial charge in [0.1, 0.15) is 0 Å². The topological polar surface area (TPSA) is 61.2 Å². The third kappa shape index (κ3) is 3.94. The van der Waals surface area contributed by atoms with Crippen molar-refractivity contribution in [1.82, 2.24) is 9.78 Å². The number of nitrogens with zero attached hydrogens (tertiary/aromatic N) is 2. The van der Waals surface area contributed by atoms with Gasteiger partial charge in [0.2, 0.25) is 5.88 Å². The Morgan fingerprint density at radius 3 is 2.48 bits per heavy atom. The third-order valence-electron chi connectivity index (χ3n) is 4.38. The fourth-order valence-electron chi connectivity index (χ4n) is 2.95. The van der Waals surface area contributed by atoms with Gasteiger partial charge in [0.25, 0.3) is 0 Å². The molecular formula is C21H17ClN2O3S2. The standard InChI is InChI=1S/C21H17ClN2O3S2/c1-27-21-13-18(24(23-21)17-9-4-3-8-16(17)22)20-11-10-19(28-20)14-6-5-7-15(12-14)29(2,25)26/h3-13H,1-2H3. The van der Waals surface area contributed by atoms with Crippen LogP contribution in [0.15, 0.2) is 71.6 Å². The Morgan fingerprint density at radius 1 is 1.00 bits per heavy atom. The van der Waals surface area contributed by atoms with Gasteiger partial charge in [-0.15, -0.1) is 16.4 Å². The normalized spacial score (nSPS) is 11.6. The summed E-state index contributed by atoms with van der Waals surface area (Å²) in [4.78, 5) is 2.21. The van der Waals surface area contributed by atoms with Crippen molar-refractivity contribution in [1.29, 1.82) is 0 Å². The molecule has 2 aromatic carbocycles. The Morgan fingerprint density at radius 2 is 1.76 bits per heavy atom. The van der Waals surface area contributed by atoms with E-state index >= 15 is 0 Å². The maximum absolute atomic E-state index is 11.9. The highest BCUT2D eigenvalue weighted by molar-refractivity contribution is 7.90. The Balaban J connectivity index is 1.80. The second-order valence-corrected chi connectivity index (χ2v) is 9.91. The number of thiophene rings is 1. The van der Waals surface area contributed by atoms with Crippen molar-refractivity contribution >= 4 is 32.8 Å². The van der Waals surface area contributed by atoms with Gasteiger partial charge in [0, 0.05) is 17.2 Å². The molecule has 2 aromatic heterocycles. The average Bonchev–Trinajstić information content (AvgIpc) is 3.35. The molecule has 0 aliphatic heterocycles. The number of para-hydroxylation sites is 1. The Labute approximate surface area is 178 Å². The van der Waals surface area contributed by atoms with E-state index in [1.54, 1.807) is 41.3 Å². The highest BCUT2D eigenvalue weighted by atomic mass is 35.5. The van der Waals surface area contributed by atoms with Crippen molar-refractivity contribution in [3.05, 3.63) is 71.8 Å². The SMILES string of the molecule is COc1cc(-c2ccc(-c3cccc(S(C)(=O)=O)c3)s2)n(-c2ccccc2Cl)n1. The van der Waals surface area contributed by atoms with Crippen molar-refractivity contribution in [2.75, 3.05) is 13.4 Å². The minimum absolute atomic E-state index is 0.299. The molecule has 2 heterocycles. The smallest absolute Gasteiger partial charge is 0.233 e. The molecule has 0 saturated carbocycles. The summed E-state index contributed by atoms with van der Waals surface area (Å²) in [6.45, 7) is 0. The van der Waals surface area contributed by atoms with Crippen LogP contribution >= 0.6 is 22.9 Å². The van der Waals surface area contributed by atoms with Crippen molar-refractivity contribution in [2.24, 2.45) is 0 Å². The first kappa shape index (κ1) is 19.7. The van der Waals surface area contributed by atoms with Gasteiger partial charge in [-0.25, -0.2) is 13.1 Å². The van der Waals surface area contributed by atoms with E-state index in [-0.39, 0.29) is 0 Å². The molecule has 0 amide bonds. The first-order chi connectivity index (χ1) is 13.9. The fourth-order valence-corrected chi connectivity index (χ4v) is 4.84. The zero-order valence-corrected chi connectivity index (χ0v) is 18.1. The van der Waals surface area contributed by atoms with Crippen LogP contribution in [0.5, 0.6) is 5.88 Å². The molecule has 4 aromatic rings. The lowest BCUT2D eigenvalue weighted by atomic mass is 10.2. The van der Waals surface area contributed by atoms with E-state index in [0.717, 1.165) is 26.7 Å². The van der Waals surface area contributed by atoms with Gasteiger partial charge in [0.15, 0.2) is 9.84 Å². The summed E-state index contributed by atoms with van der Waals surface area (Å²) in [6, 6.07) is 20.2. The summed E-state index contributed by atoms with van der Waals surface area (Å²) in [6.07, 6.45) is 1.21. The predicted molar refractivity (Wildman–Crippen MR) is 117 cm³/mol. The summed E-state index contributed by atoms with van der Waals surface area (Å²) in [5, 5.41) is 5.08. The molecule has 0 aliphatic rings. The summed E-state index contributed by atoms with van der Waals surface area (Å²) in [5.41, 5.74) is 2.44. The van der Waals surface area contributed by atoms with Crippen LogP contribution in [-0.4, -0.2) is 31.6 Å². The molecule has 5 nitrogen and oxygen atoms in total. The molecular weight excluding hydrogens is 428 g/mol. The van der Waals surface area contributed by atoms with Gasteiger partial charge in [-0.3, -0.25) is 0 Å². The van der Waals surface area contributed by atoms with Gasteiger partial charge in [-0.05, 0) is 42.0 Å². The van der Waals surface area contributed by atoms with Gasteiger partial charge < -0.3 is 4.74 Å². The summed E-state index contributed by atoms with van der Waals surface area (Å²) < 4.78 is 30.8. The van der Waals surface area contributed by atoms with E-state index in [1.807, 2.05) is 48.5 Å². The maximum Gasteiger partial charge on any atom is 0.233 e. The minimum Gasteiger partial charge on any atom is -0.480 e. The summed E-state index contributed by atoms with van der Waals surface area (Å²) in [5.74, 6) is 0.481. The molecule has 0 bridgehead atoms. The monoisotopic (exact) mass is 444 g/mol. The average molecular weight is 445 g/mol. The van der Waals surface area contributed by atoms with Crippen LogP contribution in [-0.2, 0) is 9.84 Å². The summed E-state index contributed by atoms with van der Waals surface area (Å²) in [7, 11) is -1.70. The van der Waals surface area contributed by atoms with Crippen molar-refractivity contribution in [2.45, 2.75) is 4.90 Å². The first-order valence-electron chi connectivity index (χ1n) is 8.66. The van der Waals surface area contributed by atoms with Gasteiger partial charge in [0.05, 0.1) is 33.3 Å². The molecule has 148 valence electrons. The lowest BCUT2D eigenvalue weighted by Crippen LogP contribution is -1.99. The zero-order chi connectivity index (χ0) is 20.6. The van der Waals surface area contributed by atoms with Crippen LogP contribution in [0.2, 0.25) is 5.02 Å². The molecule has 0 fully saturated rings. The molecule has 0 radical (unpaired) electrons. The number of sulfone groups is 1. The molecule has 4 rings (SSSR count). The fraction of sp³-hybridized carbons (Fsp3) is 0.0952. The van der Waals surface area contributed by atoms with Crippen molar-refractivity contribution in [3.8, 4) is 32.6 Å².